The van der Waals surface area contributed by atoms with Gasteiger partial charge in [-0.25, -0.2) is 0 Å². The maximum absolute atomic E-state index is 12.4. The molecule has 0 aromatic rings. The molecule has 0 saturated heterocycles. The molecular formula is C49H91NO3. The standard InChI is InChI=1S/C49H91NO3/c1-3-5-7-9-11-13-15-17-18-19-20-21-22-23-24-25-26-27-28-29-30-31-32-33-35-37-39-41-43-45-49(53)50-47(46-51)48(52)44-42-40-38-36-34-16-14-12-10-8-6-4-2/h10,12,23-24,34,36,42,44,47-48,51-52H,3-9,11,13-22,25-33,35,37-41,43,45-46H2,1-2H3,(H,50,53)/b12-10+,24-23-,36-34+,44-42+. The van der Waals surface area contributed by atoms with Crippen LogP contribution in [0.2, 0.25) is 0 Å². The van der Waals surface area contributed by atoms with Crippen molar-refractivity contribution in [2.24, 2.45) is 0 Å². The zero-order valence-corrected chi connectivity index (χ0v) is 35.5. The summed E-state index contributed by atoms with van der Waals surface area (Å²) in [5, 5.41) is 22.9. The summed E-state index contributed by atoms with van der Waals surface area (Å²) in [6, 6.07) is -0.644. The molecule has 2 unspecified atom stereocenters. The Kier molecular flexibility index (Phi) is 43.4. The quantitative estimate of drug-likeness (QED) is 0.0431. The summed E-state index contributed by atoms with van der Waals surface area (Å²) in [6.07, 6.45) is 61.0. The Morgan fingerprint density at radius 1 is 0.434 bits per heavy atom. The summed E-state index contributed by atoms with van der Waals surface area (Å²) < 4.78 is 0. The fourth-order valence-corrected chi connectivity index (χ4v) is 6.90. The monoisotopic (exact) mass is 742 g/mol. The lowest BCUT2D eigenvalue weighted by molar-refractivity contribution is -0.123. The molecule has 4 heteroatoms. The third kappa shape index (κ3) is 41.4. The van der Waals surface area contributed by atoms with Gasteiger partial charge in [-0.3, -0.25) is 4.79 Å². The Morgan fingerprint density at radius 3 is 1.15 bits per heavy atom. The molecule has 1 amide bonds. The first-order valence-electron chi connectivity index (χ1n) is 23.4. The number of amides is 1. The van der Waals surface area contributed by atoms with Crippen LogP contribution in [0.25, 0.3) is 0 Å². The molecule has 0 aromatic carbocycles. The average Bonchev–Trinajstić information content (AvgIpc) is 3.16. The molecule has 0 aliphatic heterocycles. The van der Waals surface area contributed by atoms with E-state index >= 15 is 0 Å². The van der Waals surface area contributed by atoms with E-state index < -0.39 is 12.1 Å². The molecule has 0 heterocycles. The van der Waals surface area contributed by atoms with Crippen LogP contribution in [0.3, 0.4) is 0 Å². The first-order chi connectivity index (χ1) is 26.2. The van der Waals surface area contributed by atoms with Gasteiger partial charge in [0.05, 0.1) is 18.8 Å². The molecule has 0 fully saturated rings. The fraction of sp³-hybridized carbons (Fsp3) is 0.816. The summed E-state index contributed by atoms with van der Waals surface area (Å²) >= 11 is 0. The van der Waals surface area contributed by atoms with E-state index in [2.05, 4.69) is 55.6 Å². The molecule has 0 radical (unpaired) electrons. The summed E-state index contributed by atoms with van der Waals surface area (Å²) in [6.45, 7) is 4.25. The van der Waals surface area contributed by atoms with E-state index in [1.165, 1.54) is 180 Å². The van der Waals surface area contributed by atoms with Crippen molar-refractivity contribution < 1.29 is 15.0 Å². The molecule has 3 N–H and O–H groups in total. The minimum absolute atomic E-state index is 0.0790. The smallest absolute Gasteiger partial charge is 0.220 e. The second-order valence-corrected chi connectivity index (χ2v) is 15.8. The number of hydrogen-bond donors (Lipinski definition) is 3. The van der Waals surface area contributed by atoms with Crippen molar-refractivity contribution in [1.82, 2.24) is 5.32 Å². The third-order valence-corrected chi connectivity index (χ3v) is 10.5. The van der Waals surface area contributed by atoms with E-state index in [1.807, 2.05) is 6.08 Å². The van der Waals surface area contributed by atoms with Gasteiger partial charge in [-0.15, -0.1) is 0 Å². The van der Waals surface area contributed by atoms with Crippen molar-refractivity contribution in [3.05, 3.63) is 48.6 Å². The van der Waals surface area contributed by atoms with Crippen molar-refractivity contribution in [3.8, 4) is 0 Å². The van der Waals surface area contributed by atoms with E-state index in [1.54, 1.807) is 6.08 Å². The maximum Gasteiger partial charge on any atom is 0.220 e. The van der Waals surface area contributed by atoms with Crippen LogP contribution in [0.15, 0.2) is 48.6 Å². The zero-order valence-electron chi connectivity index (χ0n) is 35.5. The highest BCUT2D eigenvalue weighted by atomic mass is 16.3. The molecular weight excluding hydrogens is 651 g/mol. The largest absolute Gasteiger partial charge is 0.394 e. The number of carbonyl (C=O) groups excluding carboxylic acids is 1. The van der Waals surface area contributed by atoms with Crippen LogP contribution in [0.4, 0.5) is 0 Å². The van der Waals surface area contributed by atoms with Crippen LogP contribution in [0.5, 0.6) is 0 Å². The molecule has 2 atom stereocenters. The van der Waals surface area contributed by atoms with Crippen molar-refractivity contribution in [1.29, 1.82) is 0 Å². The van der Waals surface area contributed by atoms with Crippen LogP contribution in [0.1, 0.15) is 239 Å². The SMILES string of the molecule is CCCC/C=C/CC/C=C/CC/C=C/C(O)C(CO)NC(=O)CCCCCCCCCCCCCCC/C=C\CCCCCCCCCCCCCC. The van der Waals surface area contributed by atoms with E-state index in [0.717, 1.165) is 38.5 Å². The Morgan fingerprint density at radius 2 is 0.755 bits per heavy atom. The molecule has 0 aromatic heterocycles. The van der Waals surface area contributed by atoms with Gasteiger partial charge in [-0.2, -0.15) is 0 Å². The van der Waals surface area contributed by atoms with E-state index in [4.69, 9.17) is 0 Å². The highest BCUT2D eigenvalue weighted by Gasteiger charge is 2.17. The summed E-state index contributed by atoms with van der Waals surface area (Å²) in [5.74, 6) is -0.0790. The number of allylic oxidation sites excluding steroid dienone is 7. The van der Waals surface area contributed by atoms with Crippen LogP contribution in [-0.4, -0.2) is 34.9 Å². The number of rotatable bonds is 42. The lowest BCUT2D eigenvalue weighted by atomic mass is 10.0. The number of aliphatic hydroxyl groups is 2. The molecule has 0 aliphatic carbocycles. The first-order valence-corrected chi connectivity index (χ1v) is 23.4. The minimum Gasteiger partial charge on any atom is -0.394 e. The Hall–Kier alpha value is -1.65. The molecule has 0 bridgehead atoms. The lowest BCUT2D eigenvalue weighted by Crippen LogP contribution is -2.45. The van der Waals surface area contributed by atoms with Crippen molar-refractivity contribution in [2.75, 3.05) is 6.61 Å². The molecule has 310 valence electrons. The summed E-state index contributed by atoms with van der Waals surface area (Å²) in [4.78, 5) is 12.4. The number of nitrogens with one attached hydrogen (secondary N) is 1. The molecule has 0 rings (SSSR count). The van der Waals surface area contributed by atoms with Gasteiger partial charge in [-0.05, 0) is 64.2 Å². The van der Waals surface area contributed by atoms with Gasteiger partial charge >= 0.3 is 0 Å². The predicted octanol–water partition coefficient (Wildman–Crippen LogP) is 14.7. The first kappa shape index (κ1) is 51.4. The van der Waals surface area contributed by atoms with Gasteiger partial charge in [0.25, 0.3) is 0 Å². The molecule has 53 heavy (non-hydrogen) atoms. The highest BCUT2D eigenvalue weighted by Crippen LogP contribution is 2.15. The van der Waals surface area contributed by atoms with Crippen LogP contribution in [0, 0.1) is 0 Å². The van der Waals surface area contributed by atoms with Crippen molar-refractivity contribution in [2.45, 2.75) is 251 Å². The lowest BCUT2D eigenvalue weighted by Gasteiger charge is -2.19. The van der Waals surface area contributed by atoms with Gasteiger partial charge in [0, 0.05) is 6.42 Å². The van der Waals surface area contributed by atoms with Crippen molar-refractivity contribution in [3.63, 3.8) is 0 Å². The number of carbonyl (C=O) groups is 1. The number of hydrogen-bond acceptors (Lipinski definition) is 3. The Bertz CT molecular complexity index is 847. The molecule has 4 nitrogen and oxygen atoms in total. The van der Waals surface area contributed by atoms with Gasteiger partial charge < -0.3 is 15.5 Å². The summed E-state index contributed by atoms with van der Waals surface area (Å²) in [5.41, 5.74) is 0. The predicted molar refractivity (Wildman–Crippen MR) is 235 cm³/mol. The minimum atomic E-state index is -0.868. The highest BCUT2D eigenvalue weighted by molar-refractivity contribution is 5.76. The summed E-state index contributed by atoms with van der Waals surface area (Å²) in [7, 11) is 0. The van der Waals surface area contributed by atoms with Gasteiger partial charge in [0.2, 0.25) is 5.91 Å². The number of unbranched alkanes of at least 4 members (excludes halogenated alkanes) is 29. The average molecular weight is 742 g/mol. The molecule has 0 spiro atoms. The molecule has 0 aliphatic rings. The Balaban J connectivity index is 3.49. The van der Waals surface area contributed by atoms with Crippen LogP contribution >= 0.6 is 0 Å². The fourth-order valence-electron chi connectivity index (χ4n) is 6.90. The van der Waals surface area contributed by atoms with Crippen LogP contribution in [-0.2, 0) is 4.79 Å². The maximum atomic E-state index is 12.4. The zero-order chi connectivity index (χ0) is 38.6. The van der Waals surface area contributed by atoms with Gasteiger partial charge in [0.15, 0.2) is 0 Å². The number of aliphatic hydroxyl groups excluding tert-OH is 2. The van der Waals surface area contributed by atoms with Crippen LogP contribution < -0.4 is 5.32 Å². The van der Waals surface area contributed by atoms with Gasteiger partial charge in [-0.1, -0.05) is 217 Å². The van der Waals surface area contributed by atoms with E-state index in [0.29, 0.717) is 6.42 Å². The van der Waals surface area contributed by atoms with Gasteiger partial charge in [0.1, 0.15) is 0 Å². The third-order valence-electron chi connectivity index (χ3n) is 10.5. The second-order valence-electron chi connectivity index (χ2n) is 15.8. The Labute approximate surface area is 331 Å². The topological polar surface area (TPSA) is 69.6 Å². The normalized spacial score (nSPS) is 13.4. The molecule has 0 saturated carbocycles. The second kappa shape index (κ2) is 44.7. The van der Waals surface area contributed by atoms with E-state index in [-0.39, 0.29) is 12.5 Å². The van der Waals surface area contributed by atoms with Crippen molar-refractivity contribution >= 4 is 5.91 Å². The van der Waals surface area contributed by atoms with E-state index in [9.17, 15) is 15.0 Å².